The highest BCUT2D eigenvalue weighted by molar-refractivity contribution is 5.90. The summed E-state index contributed by atoms with van der Waals surface area (Å²) in [5, 5.41) is 9.84. The SMILES string of the molecule is CCCC(=O)Nc1ccc(CNc2nc(C(C)C)no2)cc1. The Labute approximate surface area is 130 Å². The van der Waals surface area contributed by atoms with E-state index in [4.69, 9.17) is 4.52 Å². The van der Waals surface area contributed by atoms with Crippen LogP contribution in [0.1, 0.15) is 50.9 Å². The van der Waals surface area contributed by atoms with Crippen LogP contribution >= 0.6 is 0 Å². The molecular weight excluding hydrogens is 280 g/mol. The Morgan fingerprint density at radius 3 is 2.59 bits per heavy atom. The molecule has 2 N–H and O–H groups in total. The first-order chi connectivity index (χ1) is 10.6. The molecule has 0 aliphatic rings. The van der Waals surface area contributed by atoms with Crippen molar-refractivity contribution in [3.63, 3.8) is 0 Å². The van der Waals surface area contributed by atoms with Crippen molar-refractivity contribution in [3.05, 3.63) is 35.7 Å². The first-order valence-electron chi connectivity index (χ1n) is 7.54. The number of aromatic nitrogens is 2. The van der Waals surface area contributed by atoms with E-state index in [0.29, 0.717) is 24.8 Å². The number of nitrogens with one attached hydrogen (secondary N) is 2. The number of rotatable bonds is 7. The molecule has 0 aliphatic heterocycles. The topological polar surface area (TPSA) is 80.0 Å². The molecule has 1 aromatic carbocycles. The third-order valence-electron chi connectivity index (χ3n) is 3.12. The zero-order valence-corrected chi connectivity index (χ0v) is 13.2. The maximum Gasteiger partial charge on any atom is 0.321 e. The van der Waals surface area contributed by atoms with E-state index in [1.807, 2.05) is 45.0 Å². The Bertz CT molecular complexity index is 605. The molecule has 2 aromatic rings. The number of benzene rings is 1. The molecule has 22 heavy (non-hydrogen) atoms. The molecule has 1 amide bonds. The lowest BCUT2D eigenvalue weighted by Gasteiger charge is -2.06. The number of hydrogen-bond donors (Lipinski definition) is 2. The number of nitrogens with zero attached hydrogens (tertiary/aromatic N) is 2. The maximum absolute atomic E-state index is 11.5. The van der Waals surface area contributed by atoms with E-state index in [1.165, 1.54) is 0 Å². The Hall–Kier alpha value is -2.37. The van der Waals surface area contributed by atoms with Gasteiger partial charge >= 0.3 is 6.01 Å². The van der Waals surface area contributed by atoms with Gasteiger partial charge in [-0.3, -0.25) is 4.79 Å². The summed E-state index contributed by atoms with van der Waals surface area (Å²) in [4.78, 5) is 15.8. The molecular formula is C16H22N4O2. The van der Waals surface area contributed by atoms with Crippen molar-refractivity contribution in [1.82, 2.24) is 10.1 Å². The van der Waals surface area contributed by atoms with Crippen molar-refractivity contribution in [2.24, 2.45) is 0 Å². The van der Waals surface area contributed by atoms with Gasteiger partial charge in [-0.25, -0.2) is 0 Å². The fourth-order valence-corrected chi connectivity index (χ4v) is 1.88. The minimum atomic E-state index is 0.0421. The van der Waals surface area contributed by atoms with E-state index in [9.17, 15) is 4.79 Å². The molecule has 2 rings (SSSR count). The first-order valence-corrected chi connectivity index (χ1v) is 7.54. The highest BCUT2D eigenvalue weighted by Gasteiger charge is 2.09. The highest BCUT2D eigenvalue weighted by atomic mass is 16.5. The molecule has 1 aromatic heterocycles. The number of carbonyl (C=O) groups excluding carboxylic acids is 1. The summed E-state index contributed by atoms with van der Waals surface area (Å²) in [5.74, 6) is 0.974. The summed E-state index contributed by atoms with van der Waals surface area (Å²) < 4.78 is 5.12. The van der Waals surface area contributed by atoms with E-state index in [-0.39, 0.29) is 11.8 Å². The number of hydrogen-bond acceptors (Lipinski definition) is 5. The molecule has 118 valence electrons. The predicted molar refractivity (Wildman–Crippen MR) is 85.7 cm³/mol. The molecule has 0 unspecified atom stereocenters. The monoisotopic (exact) mass is 302 g/mol. The van der Waals surface area contributed by atoms with Crippen LogP contribution in [0.25, 0.3) is 0 Å². The predicted octanol–water partition coefficient (Wildman–Crippen LogP) is 3.54. The summed E-state index contributed by atoms with van der Waals surface area (Å²) in [6.45, 7) is 6.60. The molecule has 0 saturated heterocycles. The fraction of sp³-hybridized carbons (Fsp3) is 0.438. The van der Waals surface area contributed by atoms with Gasteiger partial charge in [0.2, 0.25) is 5.91 Å². The van der Waals surface area contributed by atoms with Gasteiger partial charge in [-0.1, -0.05) is 38.1 Å². The van der Waals surface area contributed by atoms with Crippen molar-refractivity contribution in [3.8, 4) is 0 Å². The second-order valence-electron chi connectivity index (χ2n) is 5.46. The molecule has 6 heteroatoms. The molecule has 0 bridgehead atoms. The lowest BCUT2D eigenvalue weighted by atomic mass is 10.2. The van der Waals surface area contributed by atoms with Crippen LogP contribution < -0.4 is 10.6 Å². The van der Waals surface area contributed by atoms with Crippen molar-refractivity contribution in [2.45, 2.75) is 46.1 Å². The highest BCUT2D eigenvalue weighted by Crippen LogP contribution is 2.14. The number of carbonyl (C=O) groups is 1. The fourth-order valence-electron chi connectivity index (χ4n) is 1.88. The Balaban J connectivity index is 1.86. The first kappa shape index (κ1) is 16.0. The minimum absolute atomic E-state index is 0.0421. The zero-order valence-electron chi connectivity index (χ0n) is 13.2. The van der Waals surface area contributed by atoms with Gasteiger partial charge in [0.1, 0.15) is 0 Å². The summed E-state index contributed by atoms with van der Waals surface area (Å²) >= 11 is 0. The van der Waals surface area contributed by atoms with Crippen molar-refractivity contribution in [2.75, 3.05) is 10.6 Å². The van der Waals surface area contributed by atoms with Crippen LogP contribution in [0.4, 0.5) is 11.7 Å². The Kier molecular flexibility index (Phi) is 5.52. The van der Waals surface area contributed by atoms with Crippen molar-refractivity contribution in [1.29, 1.82) is 0 Å². The standard InChI is InChI=1S/C16H22N4O2/c1-4-5-14(21)18-13-8-6-12(7-9-13)10-17-16-19-15(11(2)3)20-22-16/h6-9,11H,4-5,10H2,1-3H3,(H,18,21)(H,17,19,20). The van der Waals surface area contributed by atoms with E-state index < -0.39 is 0 Å². The molecule has 0 fully saturated rings. The van der Waals surface area contributed by atoms with Crippen LogP contribution in [0, 0.1) is 0 Å². The summed E-state index contributed by atoms with van der Waals surface area (Å²) in [5.41, 5.74) is 1.87. The van der Waals surface area contributed by atoms with Crippen LogP contribution in [-0.4, -0.2) is 16.0 Å². The molecule has 0 aliphatic carbocycles. The number of anilines is 2. The van der Waals surface area contributed by atoms with Gasteiger partial charge in [0.15, 0.2) is 5.82 Å². The minimum Gasteiger partial charge on any atom is -0.334 e. The molecule has 0 saturated carbocycles. The summed E-state index contributed by atoms with van der Waals surface area (Å²) in [7, 11) is 0. The van der Waals surface area contributed by atoms with Crippen LogP contribution in [0.15, 0.2) is 28.8 Å². The largest absolute Gasteiger partial charge is 0.334 e. The Morgan fingerprint density at radius 2 is 2.00 bits per heavy atom. The van der Waals surface area contributed by atoms with E-state index in [1.54, 1.807) is 0 Å². The molecule has 1 heterocycles. The normalized spacial score (nSPS) is 10.7. The summed E-state index contributed by atoms with van der Waals surface area (Å²) in [6, 6.07) is 8.10. The average molecular weight is 302 g/mol. The second kappa shape index (κ2) is 7.59. The van der Waals surface area contributed by atoms with Gasteiger partial charge in [-0.2, -0.15) is 4.98 Å². The number of amides is 1. The smallest absolute Gasteiger partial charge is 0.321 e. The van der Waals surface area contributed by atoms with Crippen molar-refractivity contribution < 1.29 is 9.32 Å². The quantitative estimate of drug-likeness (QED) is 0.817. The van der Waals surface area contributed by atoms with Crippen molar-refractivity contribution >= 4 is 17.6 Å². The van der Waals surface area contributed by atoms with E-state index >= 15 is 0 Å². The van der Waals surface area contributed by atoms with E-state index in [2.05, 4.69) is 20.8 Å². The van der Waals surface area contributed by atoms with Gasteiger partial charge < -0.3 is 15.2 Å². The Morgan fingerprint density at radius 1 is 1.27 bits per heavy atom. The van der Waals surface area contributed by atoms with Crippen LogP contribution in [0.2, 0.25) is 0 Å². The van der Waals surface area contributed by atoms with Gasteiger partial charge in [-0.15, -0.1) is 0 Å². The van der Waals surface area contributed by atoms with Gasteiger partial charge in [0.05, 0.1) is 0 Å². The lowest BCUT2D eigenvalue weighted by Crippen LogP contribution is -2.10. The second-order valence-corrected chi connectivity index (χ2v) is 5.46. The van der Waals surface area contributed by atoms with Gasteiger partial charge in [0, 0.05) is 24.6 Å². The molecule has 0 spiro atoms. The third-order valence-corrected chi connectivity index (χ3v) is 3.12. The molecule has 0 radical (unpaired) electrons. The van der Waals surface area contributed by atoms with Crippen LogP contribution in [0.5, 0.6) is 0 Å². The summed E-state index contributed by atoms with van der Waals surface area (Å²) in [6.07, 6.45) is 1.38. The molecule has 0 atom stereocenters. The van der Waals surface area contributed by atoms with Gasteiger partial charge in [-0.05, 0) is 24.1 Å². The van der Waals surface area contributed by atoms with E-state index in [0.717, 1.165) is 17.7 Å². The zero-order chi connectivity index (χ0) is 15.9. The molecule has 6 nitrogen and oxygen atoms in total. The van der Waals surface area contributed by atoms with Crippen LogP contribution in [0.3, 0.4) is 0 Å². The average Bonchev–Trinajstić information content (AvgIpc) is 2.96. The van der Waals surface area contributed by atoms with Gasteiger partial charge in [0.25, 0.3) is 0 Å². The maximum atomic E-state index is 11.5. The lowest BCUT2D eigenvalue weighted by molar-refractivity contribution is -0.116. The van der Waals surface area contributed by atoms with Crippen LogP contribution in [-0.2, 0) is 11.3 Å². The third kappa shape index (κ3) is 4.58.